The van der Waals surface area contributed by atoms with Crippen molar-refractivity contribution in [2.75, 3.05) is 13.2 Å². The number of rotatable bonds is 10. The van der Waals surface area contributed by atoms with Crippen molar-refractivity contribution in [2.24, 2.45) is 11.8 Å². The standard InChI is InChI=1S/C28H26ClF2NO6/c1-28(36,13-33)4-5-37-16-2-3-17(21(29)9-16)18-7-15(22(30)10-23(18)31)12-38-24-8-14-6-19-25(20(14)11-32-24)26(19)27(34)35/h2-3,7-11,19,25-26,33,36H,4-6,12-13H2,1H3,(H,34,35)/t19-,25-,26+,28?/m1/s1. The molecule has 0 bridgehead atoms. The number of carboxylic acids is 1. The topological polar surface area (TPSA) is 109 Å². The highest BCUT2D eigenvalue weighted by atomic mass is 35.5. The van der Waals surface area contributed by atoms with Gasteiger partial charge in [-0.3, -0.25) is 4.79 Å². The van der Waals surface area contributed by atoms with E-state index in [0.29, 0.717) is 17.7 Å². The highest BCUT2D eigenvalue weighted by Crippen LogP contribution is 2.61. The van der Waals surface area contributed by atoms with Crippen LogP contribution in [0.15, 0.2) is 42.6 Å². The maximum absolute atomic E-state index is 14.7. The van der Waals surface area contributed by atoms with E-state index < -0.39 is 29.8 Å². The lowest BCUT2D eigenvalue weighted by Crippen LogP contribution is -2.31. The van der Waals surface area contributed by atoms with E-state index in [1.807, 2.05) is 0 Å². The molecule has 3 aromatic rings. The molecule has 0 aliphatic heterocycles. The number of carboxylic acid groups (broad SMARTS) is 1. The van der Waals surface area contributed by atoms with Crippen molar-refractivity contribution >= 4 is 17.6 Å². The Morgan fingerprint density at radius 1 is 1.16 bits per heavy atom. The molecule has 2 aromatic carbocycles. The SMILES string of the molecule is CC(O)(CO)CCOc1ccc(-c2cc(COc3cc4c(cn3)[C@H]3[C@@H](C4)[C@@H]3C(=O)O)c(F)cc2F)c(Cl)c1. The van der Waals surface area contributed by atoms with Gasteiger partial charge in [-0.1, -0.05) is 11.6 Å². The maximum atomic E-state index is 14.7. The molecule has 1 unspecified atom stereocenters. The molecule has 2 aliphatic rings. The monoisotopic (exact) mass is 545 g/mol. The number of hydrogen-bond acceptors (Lipinski definition) is 6. The van der Waals surface area contributed by atoms with Crippen LogP contribution in [0.25, 0.3) is 11.1 Å². The first kappa shape index (κ1) is 26.3. The van der Waals surface area contributed by atoms with Crippen LogP contribution in [0.5, 0.6) is 11.6 Å². The van der Waals surface area contributed by atoms with E-state index in [0.717, 1.165) is 17.2 Å². The van der Waals surface area contributed by atoms with Gasteiger partial charge in [0.05, 0.1) is 29.8 Å². The Labute approximate surface area is 222 Å². The number of nitrogens with zero attached hydrogens (tertiary/aromatic N) is 1. The van der Waals surface area contributed by atoms with Crippen LogP contribution in [0.3, 0.4) is 0 Å². The first-order valence-electron chi connectivity index (χ1n) is 12.2. The molecule has 2 aliphatic carbocycles. The van der Waals surface area contributed by atoms with Gasteiger partial charge in [-0.25, -0.2) is 13.8 Å². The summed E-state index contributed by atoms with van der Waals surface area (Å²) in [5.74, 6) is -1.93. The van der Waals surface area contributed by atoms with Gasteiger partial charge in [-0.2, -0.15) is 0 Å². The quantitative estimate of drug-likeness (QED) is 0.337. The maximum Gasteiger partial charge on any atom is 0.307 e. The van der Waals surface area contributed by atoms with Crippen LogP contribution < -0.4 is 9.47 Å². The molecule has 0 amide bonds. The average molecular weight is 546 g/mol. The fraction of sp³-hybridized carbons (Fsp3) is 0.357. The molecule has 0 radical (unpaired) electrons. The van der Waals surface area contributed by atoms with Crippen molar-refractivity contribution in [1.29, 1.82) is 0 Å². The third kappa shape index (κ3) is 5.18. The summed E-state index contributed by atoms with van der Waals surface area (Å²) in [6, 6.07) is 8.50. The van der Waals surface area contributed by atoms with Crippen LogP contribution in [0, 0.1) is 23.5 Å². The Bertz CT molecular complexity index is 1400. The highest BCUT2D eigenvalue weighted by Gasteiger charge is 2.59. The minimum absolute atomic E-state index is 0.00175. The minimum Gasteiger partial charge on any atom is -0.493 e. The summed E-state index contributed by atoms with van der Waals surface area (Å²) < 4.78 is 40.6. The second-order valence-corrected chi connectivity index (χ2v) is 10.5. The number of halogens is 3. The molecule has 38 heavy (non-hydrogen) atoms. The fourth-order valence-electron chi connectivity index (χ4n) is 5.02. The molecule has 1 aromatic heterocycles. The summed E-state index contributed by atoms with van der Waals surface area (Å²) >= 11 is 6.39. The van der Waals surface area contributed by atoms with E-state index in [1.54, 1.807) is 24.4 Å². The van der Waals surface area contributed by atoms with Gasteiger partial charge in [-0.15, -0.1) is 0 Å². The molecule has 1 fully saturated rings. The van der Waals surface area contributed by atoms with E-state index in [4.69, 9.17) is 26.2 Å². The fourth-order valence-corrected chi connectivity index (χ4v) is 5.29. The zero-order valence-electron chi connectivity index (χ0n) is 20.5. The third-order valence-corrected chi connectivity index (χ3v) is 7.57. The van der Waals surface area contributed by atoms with Crippen LogP contribution >= 0.6 is 11.6 Å². The summed E-state index contributed by atoms with van der Waals surface area (Å²) in [5, 5.41) is 28.4. The number of aromatic nitrogens is 1. The van der Waals surface area contributed by atoms with Crippen LogP contribution in [-0.2, 0) is 17.8 Å². The van der Waals surface area contributed by atoms with Gasteiger partial charge in [0.1, 0.15) is 24.0 Å². The zero-order valence-corrected chi connectivity index (χ0v) is 21.2. The summed E-state index contributed by atoms with van der Waals surface area (Å²) in [6.45, 7) is 1.03. The summed E-state index contributed by atoms with van der Waals surface area (Å²) in [7, 11) is 0. The first-order chi connectivity index (χ1) is 18.1. The lowest BCUT2D eigenvalue weighted by molar-refractivity contribution is -0.139. The van der Waals surface area contributed by atoms with Crippen molar-refractivity contribution in [3.63, 3.8) is 0 Å². The molecule has 0 saturated heterocycles. The number of ether oxygens (including phenoxy) is 2. The van der Waals surface area contributed by atoms with Gasteiger partial charge in [0.2, 0.25) is 5.88 Å². The number of aliphatic hydroxyl groups is 2. The van der Waals surface area contributed by atoms with Crippen LogP contribution in [-0.4, -0.2) is 45.1 Å². The normalized spacial score (nSPS) is 20.8. The van der Waals surface area contributed by atoms with Crippen molar-refractivity contribution in [3.05, 3.63) is 75.9 Å². The zero-order chi connectivity index (χ0) is 27.2. The second-order valence-electron chi connectivity index (χ2n) is 10.1. The first-order valence-corrected chi connectivity index (χ1v) is 12.5. The average Bonchev–Trinajstić information content (AvgIpc) is 3.46. The van der Waals surface area contributed by atoms with Gasteiger partial charge in [0.25, 0.3) is 0 Å². The summed E-state index contributed by atoms with van der Waals surface area (Å²) in [6.07, 6.45) is 2.46. The summed E-state index contributed by atoms with van der Waals surface area (Å²) in [4.78, 5) is 15.5. The number of pyridine rings is 1. The molecule has 3 N–H and O–H groups in total. The highest BCUT2D eigenvalue weighted by molar-refractivity contribution is 6.33. The van der Waals surface area contributed by atoms with Gasteiger partial charge in [0, 0.05) is 47.4 Å². The molecule has 7 nitrogen and oxygen atoms in total. The third-order valence-electron chi connectivity index (χ3n) is 7.26. The molecule has 1 saturated carbocycles. The molecule has 5 rings (SSSR count). The van der Waals surface area contributed by atoms with Gasteiger partial charge >= 0.3 is 5.97 Å². The van der Waals surface area contributed by atoms with E-state index in [9.17, 15) is 23.8 Å². The lowest BCUT2D eigenvalue weighted by atomic mass is 10.0. The van der Waals surface area contributed by atoms with E-state index >= 15 is 0 Å². The Kier molecular flexibility index (Phi) is 7.02. The Hall–Kier alpha value is -3.27. The predicted molar refractivity (Wildman–Crippen MR) is 134 cm³/mol. The number of fused-ring (bicyclic) bond motifs is 3. The van der Waals surface area contributed by atoms with Gasteiger partial charge in [0.15, 0.2) is 0 Å². The van der Waals surface area contributed by atoms with Crippen molar-refractivity contribution in [2.45, 2.75) is 37.9 Å². The Balaban J connectivity index is 1.28. The molecular formula is C28H26ClF2NO6. The Morgan fingerprint density at radius 2 is 1.95 bits per heavy atom. The molecule has 4 atom stereocenters. The van der Waals surface area contributed by atoms with Crippen molar-refractivity contribution in [1.82, 2.24) is 4.98 Å². The predicted octanol–water partition coefficient (Wildman–Crippen LogP) is 4.74. The lowest BCUT2D eigenvalue weighted by Gasteiger charge is -2.20. The van der Waals surface area contributed by atoms with Crippen LogP contribution in [0.4, 0.5) is 8.78 Å². The van der Waals surface area contributed by atoms with Crippen molar-refractivity contribution in [3.8, 4) is 22.8 Å². The van der Waals surface area contributed by atoms with E-state index in [-0.39, 0.29) is 59.4 Å². The number of carbonyl (C=O) groups is 1. The van der Waals surface area contributed by atoms with E-state index in [1.165, 1.54) is 19.1 Å². The Morgan fingerprint density at radius 3 is 2.66 bits per heavy atom. The second kappa shape index (κ2) is 10.1. The molecular weight excluding hydrogens is 520 g/mol. The number of hydrogen-bond donors (Lipinski definition) is 3. The smallest absolute Gasteiger partial charge is 0.307 e. The molecule has 10 heteroatoms. The molecule has 1 heterocycles. The number of benzene rings is 2. The summed E-state index contributed by atoms with van der Waals surface area (Å²) in [5.41, 5.74) is 1.18. The molecule has 0 spiro atoms. The largest absolute Gasteiger partial charge is 0.493 e. The number of aliphatic hydroxyl groups excluding tert-OH is 1. The van der Waals surface area contributed by atoms with Crippen LogP contribution in [0.1, 0.15) is 36.0 Å². The van der Waals surface area contributed by atoms with E-state index in [2.05, 4.69) is 4.98 Å². The number of aliphatic carboxylic acids is 1. The van der Waals surface area contributed by atoms with Crippen LogP contribution in [0.2, 0.25) is 5.02 Å². The van der Waals surface area contributed by atoms with Gasteiger partial charge in [-0.05, 0) is 54.7 Å². The van der Waals surface area contributed by atoms with Crippen molar-refractivity contribution < 1.29 is 38.4 Å². The minimum atomic E-state index is -1.27. The van der Waals surface area contributed by atoms with Gasteiger partial charge < -0.3 is 24.8 Å². The molecule has 200 valence electrons.